The van der Waals surface area contributed by atoms with Crippen LogP contribution in [0.5, 0.6) is 5.75 Å². The summed E-state index contributed by atoms with van der Waals surface area (Å²) in [5.41, 5.74) is 3.58. The largest absolute Gasteiger partial charge is 0.484 e. The van der Waals surface area contributed by atoms with Gasteiger partial charge in [-0.05, 0) is 78.3 Å². The van der Waals surface area contributed by atoms with E-state index in [1.807, 2.05) is 44.2 Å². The highest BCUT2D eigenvalue weighted by Gasteiger charge is 2.17. The molecule has 2 aromatic carbocycles. The number of benzene rings is 2. The molecule has 0 bridgehead atoms. The molecule has 0 aliphatic heterocycles. The first kappa shape index (κ1) is 19.2. The fourth-order valence-corrected chi connectivity index (χ4v) is 3.91. The van der Waals surface area contributed by atoms with E-state index in [0.29, 0.717) is 16.3 Å². The van der Waals surface area contributed by atoms with Crippen LogP contribution in [-0.4, -0.2) is 17.0 Å². The molecule has 0 radical (unpaired) electrons. The van der Waals surface area contributed by atoms with Gasteiger partial charge in [-0.15, -0.1) is 0 Å². The Hall–Kier alpha value is -1.56. The third kappa shape index (κ3) is 4.05. The van der Waals surface area contributed by atoms with Gasteiger partial charge in [0.05, 0.1) is 4.47 Å². The maximum absolute atomic E-state index is 12.7. The molecule has 1 aromatic heterocycles. The number of nitrogens with zero attached hydrogens (tertiary/aromatic N) is 1. The van der Waals surface area contributed by atoms with E-state index in [1.54, 1.807) is 18.2 Å². The summed E-state index contributed by atoms with van der Waals surface area (Å²) in [6.45, 7) is 3.90. The quantitative estimate of drug-likeness (QED) is 0.375. The lowest BCUT2D eigenvalue weighted by Crippen LogP contribution is -2.13. The van der Waals surface area contributed by atoms with Crippen molar-refractivity contribution >= 4 is 49.2 Å². The number of rotatable bonds is 5. The van der Waals surface area contributed by atoms with Crippen LogP contribution in [-0.2, 0) is 0 Å². The monoisotopic (exact) mass is 495 g/mol. The van der Waals surface area contributed by atoms with Gasteiger partial charge in [-0.25, -0.2) is 0 Å². The summed E-state index contributed by atoms with van der Waals surface area (Å²) in [5.74, 6) is 0.521. The number of carbonyl (C=O) groups excluding carboxylic acids is 1. The van der Waals surface area contributed by atoms with Gasteiger partial charge in [0.1, 0.15) is 5.75 Å². The highest BCUT2D eigenvalue weighted by atomic mass is 79.9. The van der Waals surface area contributed by atoms with Crippen molar-refractivity contribution in [3.63, 3.8) is 0 Å². The van der Waals surface area contributed by atoms with Crippen LogP contribution >= 0.6 is 43.5 Å². The number of ether oxygens (including phenoxy) is 1. The summed E-state index contributed by atoms with van der Waals surface area (Å²) < 4.78 is 9.47. The van der Waals surface area contributed by atoms with Crippen LogP contribution in [0.4, 0.5) is 0 Å². The summed E-state index contributed by atoms with van der Waals surface area (Å²) in [6.07, 6.45) is 0. The Bertz CT molecular complexity index is 965. The Morgan fingerprint density at radius 2 is 1.77 bits per heavy atom. The second-order valence-corrected chi connectivity index (χ2v) is 8.09. The number of hydrogen-bond acceptors (Lipinski definition) is 2. The van der Waals surface area contributed by atoms with Crippen molar-refractivity contribution < 1.29 is 9.53 Å². The Labute approximate surface area is 174 Å². The van der Waals surface area contributed by atoms with E-state index in [-0.39, 0.29) is 12.4 Å². The van der Waals surface area contributed by atoms with E-state index in [1.165, 1.54) is 0 Å². The topological polar surface area (TPSA) is 31.2 Å². The van der Waals surface area contributed by atoms with Crippen molar-refractivity contribution in [2.24, 2.45) is 0 Å². The van der Waals surface area contributed by atoms with Gasteiger partial charge in [0.2, 0.25) is 5.78 Å². The maximum Gasteiger partial charge on any atom is 0.202 e. The molecular formula is C20H16Br2ClNO2. The fraction of sp³-hybridized carbons (Fsp3) is 0.150. The average molecular weight is 498 g/mol. The van der Waals surface area contributed by atoms with Crippen molar-refractivity contribution in [1.82, 2.24) is 4.57 Å². The number of Topliss-reactive ketones (excluding diaryl/α,β-unsaturated/α-hetero) is 1. The van der Waals surface area contributed by atoms with Crippen LogP contribution in [0.25, 0.3) is 5.69 Å². The number of ketones is 1. The molecule has 0 saturated carbocycles. The van der Waals surface area contributed by atoms with Crippen molar-refractivity contribution in [3.05, 3.63) is 79.5 Å². The predicted octanol–water partition coefficient (Wildman–Crippen LogP) is 6.53. The van der Waals surface area contributed by atoms with E-state index in [2.05, 4.69) is 36.4 Å². The average Bonchev–Trinajstić information content (AvgIpc) is 2.89. The molecule has 1 heterocycles. The molecule has 0 aliphatic rings. The van der Waals surface area contributed by atoms with Crippen molar-refractivity contribution in [1.29, 1.82) is 0 Å². The molecular weight excluding hydrogens is 481 g/mol. The van der Waals surface area contributed by atoms with E-state index in [9.17, 15) is 4.79 Å². The molecule has 0 saturated heterocycles. The normalized spacial score (nSPS) is 10.8. The van der Waals surface area contributed by atoms with Gasteiger partial charge >= 0.3 is 0 Å². The van der Waals surface area contributed by atoms with Gasteiger partial charge < -0.3 is 9.30 Å². The van der Waals surface area contributed by atoms with Gasteiger partial charge in [-0.3, -0.25) is 4.79 Å². The smallest absolute Gasteiger partial charge is 0.202 e. The number of carbonyl (C=O) groups is 1. The van der Waals surface area contributed by atoms with E-state index in [4.69, 9.17) is 16.3 Å². The first-order valence-corrected chi connectivity index (χ1v) is 9.89. The van der Waals surface area contributed by atoms with Crippen molar-refractivity contribution in [2.45, 2.75) is 13.8 Å². The van der Waals surface area contributed by atoms with Crippen LogP contribution in [0.1, 0.15) is 21.7 Å². The predicted molar refractivity (Wildman–Crippen MR) is 112 cm³/mol. The molecule has 0 aliphatic carbocycles. The lowest BCUT2D eigenvalue weighted by atomic mass is 10.1. The Morgan fingerprint density at radius 1 is 1.08 bits per heavy atom. The zero-order chi connectivity index (χ0) is 18.8. The highest BCUT2D eigenvalue weighted by molar-refractivity contribution is 9.10. The minimum absolute atomic E-state index is 0.0368. The first-order valence-electron chi connectivity index (χ1n) is 7.92. The van der Waals surface area contributed by atoms with Gasteiger partial charge in [-0.1, -0.05) is 27.5 Å². The van der Waals surface area contributed by atoms with E-state index < -0.39 is 0 Å². The number of halogens is 3. The molecule has 0 N–H and O–H groups in total. The minimum Gasteiger partial charge on any atom is -0.484 e. The Kier molecular flexibility index (Phi) is 5.90. The molecule has 3 rings (SSSR count). The number of hydrogen-bond donors (Lipinski definition) is 0. The zero-order valence-corrected chi connectivity index (χ0v) is 18.2. The van der Waals surface area contributed by atoms with Crippen LogP contribution in [0.15, 0.2) is 57.5 Å². The highest BCUT2D eigenvalue weighted by Crippen LogP contribution is 2.28. The van der Waals surface area contributed by atoms with E-state index >= 15 is 0 Å². The number of aryl methyl sites for hydroxylation is 1. The van der Waals surface area contributed by atoms with Crippen LogP contribution in [0, 0.1) is 13.8 Å². The first-order chi connectivity index (χ1) is 12.4. The Morgan fingerprint density at radius 3 is 2.42 bits per heavy atom. The maximum atomic E-state index is 12.7. The van der Waals surface area contributed by atoms with Gasteiger partial charge in [0, 0.05) is 32.1 Å². The standard InChI is InChI=1S/C20H16Br2ClNO2/c1-12-9-17(13(2)24(12)16-6-3-14(21)4-7-16)19(25)11-26-20-8-5-15(23)10-18(20)22/h3-10H,11H2,1-2H3. The molecule has 26 heavy (non-hydrogen) atoms. The lowest BCUT2D eigenvalue weighted by Gasteiger charge is -2.10. The molecule has 0 fully saturated rings. The van der Waals surface area contributed by atoms with Crippen LogP contribution < -0.4 is 4.74 Å². The summed E-state index contributed by atoms with van der Waals surface area (Å²) in [4.78, 5) is 12.7. The SMILES string of the molecule is Cc1cc(C(=O)COc2ccc(Cl)cc2Br)c(C)n1-c1ccc(Br)cc1. The Balaban J connectivity index is 1.82. The summed E-state index contributed by atoms with van der Waals surface area (Å²) in [6, 6.07) is 15.1. The summed E-state index contributed by atoms with van der Waals surface area (Å²) in [5, 5.41) is 0.605. The molecule has 0 spiro atoms. The molecule has 0 unspecified atom stereocenters. The molecule has 3 nitrogen and oxygen atoms in total. The van der Waals surface area contributed by atoms with Crippen LogP contribution in [0.2, 0.25) is 5.02 Å². The lowest BCUT2D eigenvalue weighted by molar-refractivity contribution is 0.0920. The van der Waals surface area contributed by atoms with E-state index in [0.717, 1.165) is 26.0 Å². The third-order valence-corrected chi connectivity index (χ3v) is 5.45. The van der Waals surface area contributed by atoms with Crippen LogP contribution in [0.3, 0.4) is 0 Å². The van der Waals surface area contributed by atoms with Crippen molar-refractivity contribution in [2.75, 3.05) is 6.61 Å². The van der Waals surface area contributed by atoms with Gasteiger partial charge in [0.15, 0.2) is 6.61 Å². The van der Waals surface area contributed by atoms with Crippen molar-refractivity contribution in [3.8, 4) is 11.4 Å². The second kappa shape index (κ2) is 7.99. The zero-order valence-electron chi connectivity index (χ0n) is 14.2. The summed E-state index contributed by atoms with van der Waals surface area (Å²) >= 11 is 12.8. The molecule has 3 aromatic rings. The third-order valence-electron chi connectivity index (χ3n) is 4.07. The molecule has 0 atom stereocenters. The fourth-order valence-electron chi connectivity index (χ4n) is 2.85. The molecule has 0 amide bonds. The minimum atomic E-state index is -0.0664. The molecule has 6 heteroatoms. The second-order valence-electron chi connectivity index (χ2n) is 5.88. The molecule has 134 valence electrons. The van der Waals surface area contributed by atoms with Gasteiger partial charge in [-0.2, -0.15) is 0 Å². The van der Waals surface area contributed by atoms with Gasteiger partial charge in [0.25, 0.3) is 0 Å². The summed E-state index contributed by atoms with van der Waals surface area (Å²) in [7, 11) is 0. The number of aromatic nitrogens is 1.